The molecule has 4 nitrogen and oxygen atoms in total. The van der Waals surface area contributed by atoms with Crippen LogP contribution in [0.5, 0.6) is 0 Å². The number of hydrogen-bond acceptors (Lipinski definition) is 3. The Bertz CT molecular complexity index is 663. The maximum absolute atomic E-state index is 12.9. The van der Waals surface area contributed by atoms with Crippen molar-refractivity contribution in [2.24, 2.45) is 0 Å². The van der Waals surface area contributed by atoms with Crippen molar-refractivity contribution in [3.8, 4) is 0 Å². The number of ether oxygens (including phenoxy) is 1. The first-order valence-electron chi connectivity index (χ1n) is 7.40. The Hall–Kier alpha value is -2.56. The molecule has 0 heterocycles. The number of benzene rings is 2. The van der Waals surface area contributed by atoms with Crippen LogP contribution in [0.1, 0.15) is 26.3 Å². The standard InChI is InChI=1S/C18H21FN2O2/c1-18(2,3)23-17(22)21-16-6-4-5-15(11-16)20-12-13-7-9-14(19)10-8-13/h4-11,20H,12H2,1-3H3,(H,21,22). The van der Waals surface area contributed by atoms with Gasteiger partial charge in [0.25, 0.3) is 0 Å². The smallest absolute Gasteiger partial charge is 0.412 e. The first kappa shape index (κ1) is 16.8. The van der Waals surface area contributed by atoms with Crippen molar-refractivity contribution >= 4 is 17.5 Å². The Balaban J connectivity index is 1.94. The fourth-order valence-electron chi connectivity index (χ4n) is 1.93. The third-order valence-electron chi connectivity index (χ3n) is 2.92. The summed E-state index contributed by atoms with van der Waals surface area (Å²) in [5, 5.41) is 5.92. The lowest BCUT2D eigenvalue weighted by molar-refractivity contribution is 0.0636. The maximum Gasteiger partial charge on any atom is 0.412 e. The van der Waals surface area contributed by atoms with Crippen LogP contribution < -0.4 is 10.6 Å². The molecule has 5 heteroatoms. The highest BCUT2D eigenvalue weighted by atomic mass is 19.1. The molecule has 0 bridgehead atoms. The van der Waals surface area contributed by atoms with Gasteiger partial charge in [-0.1, -0.05) is 18.2 Å². The molecule has 0 atom stereocenters. The van der Waals surface area contributed by atoms with Crippen molar-refractivity contribution in [1.82, 2.24) is 0 Å². The van der Waals surface area contributed by atoms with Crippen LogP contribution in [0.15, 0.2) is 48.5 Å². The average molecular weight is 316 g/mol. The Morgan fingerprint density at radius 1 is 1.09 bits per heavy atom. The van der Waals surface area contributed by atoms with Crippen molar-refractivity contribution in [3.63, 3.8) is 0 Å². The van der Waals surface area contributed by atoms with Gasteiger partial charge in [-0.25, -0.2) is 9.18 Å². The van der Waals surface area contributed by atoms with Gasteiger partial charge in [0.05, 0.1) is 0 Å². The van der Waals surface area contributed by atoms with Crippen molar-refractivity contribution < 1.29 is 13.9 Å². The van der Waals surface area contributed by atoms with E-state index in [1.165, 1.54) is 12.1 Å². The molecule has 0 radical (unpaired) electrons. The van der Waals surface area contributed by atoms with Gasteiger partial charge in [0.2, 0.25) is 0 Å². The molecule has 1 amide bonds. The van der Waals surface area contributed by atoms with Crippen LogP contribution in [0.4, 0.5) is 20.6 Å². The summed E-state index contributed by atoms with van der Waals surface area (Å²) in [4.78, 5) is 11.8. The number of carbonyl (C=O) groups is 1. The summed E-state index contributed by atoms with van der Waals surface area (Å²) in [6, 6.07) is 13.6. The molecule has 0 unspecified atom stereocenters. The Morgan fingerprint density at radius 2 is 1.74 bits per heavy atom. The van der Waals surface area contributed by atoms with E-state index < -0.39 is 11.7 Å². The van der Waals surface area contributed by atoms with Gasteiger partial charge in [0, 0.05) is 17.9 Å². The fraction of sp³-hybridized carbons (Fsp3) is 0.278. The second-order valence-corrected chi connectivity index (χ2v) is 6.19. The summed E-state index contributed by atoms with van der Waals surface area (Å²) in [6.45, 7) is 6.00. The quantitative estimate of drug-likeness (QED) is 0.853. The highest BCUT2D eigenvalue weighted by molar-refractivity contribution is 5.85. The summed E-state index contributed by atoms with van der Waals surface area (Å²) in [5.41, 5.74) is 1.92. The van der Waals surface area contributed by atoms with Crippen molar-refractivity contribution in [2.75, 3.05) is 10.6 Å². The molecular weight excluding hydrogens is 295 g/mol. The average Bonchev–Trinajstić information content (AvgIpc) is 2.45. The van der Waals surface area contributed by atoms with Gasteiger partial charge < -0.3 is 10.1 Å². The molecule has 0 aliphatic carbocycles. The zero-order valence-corrected chi connectivity index (χ0v) is 13.5. The molecule has 23 heavy (non-hydrogen) atoms. The summed E-state index contributed by atoms with van der Waals surface area (Å²) < 4.78 is 18.1. The molecule has 0 aromatic heterocycles. The second-order valence-electron chi connectivity index (χ2n) is 6.19. The monoisotopic (exact) mass is 316 g/mol. The largest absolute Gasteiger partial charge is 0.444 e. The van der Waals surface area contributed by atoms with Gasteiger partial charge >= 0.3 is 6.09 Å². The number of carbonyl (C=O) groups excluding carboxylic acids is 1. The van der Waals surface area contributed by atoms with E-state index in [1.54, 1.807) is 18.2 Å². The van der Waals surface area contributed by atoms with E-state index in [2.05, 4.69) is 10.6 Å². The topological polar surface area (TPSA) is 50.4 Å². The van der Waals surface area contributed by atoms with Gasteiger partial charge in [0.1, 0.15) is 11.4 Å². The predicted octanol–water partition coefficient (Wildman–Crippen LogP) is 4.78. The lowest BCUT2D eigenvalue weighted by Gasteiger charge is -2.19. The SMILES string of the molecule is CC(C)(C)OC(=O)Nc1cccc(NCc2ccc(F)cc2)c1. The molecule has 0 fully saturated rings. The van der Waals surface area contributed by atoms with E-state index in [0.29, 0.717) is 12.2 Å². The minimum absolute atomic E-state index is 0.252. The predicted molar refractivity (Wildman–Crippen MR) is 90.0 cm³/mol. The number of rotatable bonds is 4. The highest BCUT2D eigenvalue weighted by Crippen LogP contribution is 2.17. The molecule has 2 aromatic carbocycles. The third kappa shape index (κ3) is 5.98. The minimum atomic E-state index is -0.539. The number of nitrogens with one attached hydrogen (secondary N) is 2. The van der Waals surface area contributed by atoms with E-state index in [4.69, 9.17) is 4.74 Å². The van der Waals surface area contributed by atoms with Crippen molar-refractivity contribution in [2.45, 2.75) is 32.9 Å². The van der Waals surface area contributed by atoms with E-state index >= 15 is 0 Å². The van der Waals surface area contributed by atoms with Crippen molar-refractivity contribution in [1.29, 1.82) is 0 Å². The summed E-state index contributed by atoms with van der Waals surface area (Å²) >= 11 is 0. The molecule has 0 aliphatic heterocycles. The molecule has 122 valence electrons. The zero-order chi connectivity index (χ0) is 16.9. The van der Waals surface area contributed by atoms with Gasteiger partial charge in [0.15, 0.2) is 0 Å². The molecule has 0 saturated carbocycles. The first-order valence-corrected chi connectivity index (χ1v) is 7.40. The summed E-state index contributed by atoms with van der Waals surface area (Å²) in [5.74, 6) is -0.252. The maximum atomic E-state index is 12.9. The van der Waals surface area contributed by atoms with Crippen LogP contribution in [-0.4, -0.2) is 11.7 Å². The molecule has 0 aliphatic rings. The first-order chi connectivity index (χ1) is 10.8. The minimum Gasteiger partial charge on any atom is -0.444 e. The van der Waals surface area contributed by atoms with Crippen LogP contribution in [-0.2, 0) is 11.3 Å². The third-order valence-corrected chi connectivity index (χ3v) is 2.92. The molecule has 2 rings (SSSR count). The van der Waals surface area contributed by atoms with Gasteiger partial charge in [-0.15, -0.1) is 0 Å². The molecule has 0 spiro atoms. The number of amides is 1. The van der Waals surface area contributed by atoms with E-state index in [9.17, 15) is 9.18 Å². The fourth-order valence-corrected chi connectivity index (χ4v) is 1.93. The van der Waals surface area contributed by atoms with Crippen LogP contribution in [0.2, 0.25) is 0 Å². The second kappa shape index (κ2) is 7.13. The number of anilines is 2. The summed E-state index contributed by atoms with van der Waals surface area (Å²) in [6.07, 6.45) is -0.492. The lowest BCUT2D eigenvalue weighted by Crippen LogP contribution is -2.27. The molecular formula is C18H21FN2O2. The molecule has 2 aromatic rings. The number of hydrogen-bond donors (Lipinski definition) is 2. The van der Waals surface area contributed by atoms with Gasteiger partial charge in [-0.3, -0.25) is 5.32 Å². The number of halogens is 1. The van der Waals surface area contributed by atoms with Crippen LogP contribution in [0, 0.1) is 5.82 Å². The van der Waals surface area contributed by atoms with Crippen LogP contribution in [0.25, 0.3) is 0 Å². The van der Waals surface area contributed by atoms with E-state index in [0.717, 1.165) is 11.3 Å². The van der Waals surface area contributed by atoms with Crippen molar-refractivity contribution in [3.05, 3.63) is 59.9 Å². The molecule has 0 saturated heterocycles. The molecule has 2 N–H and O–H groups in total. The normalized spacial score (nSPS) is 11.0. The Kier molecular flexibility index (Phi) is 5.21. The Labute approximate surface area is 135 Å². The lowest BCUT2D eigenvalue weighted by atomic mass is 10.2. The van der Waals surface area contributed by atoms with Gasteiger partial charge in [-0.2, -0.15) is 0 Å². The Morgan fingerprint density at radius 3 is 2.39 bits per heavy atom. The highest BCUT2D eigenvalue weighted by Gasteiger charge is 2.16. The van der Waals surface area contributed by atoms with E-state index in [-0.39, 0.29) is 5.82 Å². The van der Waals surface area contributed by atoms with Crippen LogP contribution >= 0.6 is 0 Å². The van der Waals surface area contributed by atoms with E-state index in [1.807, 2.05) is 39.0 Å². The zero-order valence-electron chi connectivity index (χ0n) is 13.5. The van der Waals surface area contributed by atoms with Crippen LogP contribution in [0.3, 0.4) is 0 Å². The van der Waals surface area contributed by atoms with Gasteiger partial charge in [-0.05, 0) is 56.7 Å². The summed E-state index contributed by atoms with van der Waals surface area (Å²) in [7, 11) is 0.